The zero-order valence-corrected chi connectivity index (χ0v) is 23.7. The van der Waals surface area contributed by atoms with E-state index in [4.69, 9.17) is 4.43 Å². The predicted octanol–water partition coefficient (Wildman–Crippen LogP) is 5.93. The highest BCUT2D eigenvalue weighted by atomic mass is 32.2. The molecular weight excluding hydrogens is 430 g/mol. The summed E-state index contributed by atoms with van der Waals surface area (Å²) in [7, 11) is -9.05. The minimum Gasteiger partial charge on any atom is -0.405 e. The summed E-state index contributed by atoms with van der Waals surface area (Å²) in [5.74, 6) is -0.466. The van der Waals surface area contributed by atoms with Crippen molar-refractivity contribution in [3.8, 4) is 0 Å². The van der Waals surface area contributed by atoms with E-state index in [2.05, 4.69) is 33.9 Å². The van der Waals surface area contributed by atoms with Crippen LogP contribution < -0.4 is 0 Å². The molecule has 0 fully saturated rings. The van der Waals surface area contributed by atoms with Crippen LogP contribution in [0, 0.1) is 6.92 Å². The lowest BCUT2D eigenvalue weighted by Crippen LogP contribution is -2.62. The first-order chi connectivity index (χ1) is 13.2. The number of aryl methyl sites for hydroxylation is 1. The topological polar surface area (TPSA) is 63.7 Å². The van der Waals surface area contributed by atoms with Gasteiger partial charge in [0.25, 0.3) is 15.9 Å². The average Bonchev–Trinajstić information content (AvgIpc) is 2.52. The molecule has 5 nitrogen and oxygen atoms in total. The maximum absolute atomic E-state index is 13.7. The number of carbonyl (C=O) groups is 1. The van der Waals surface area contributed by atoms with Crippen molar-refractivity contribution in [1.29, 1.82) is 0 Å². The quantitative estimate of drug-likeness (QED) is 0.482. The highest BCUT2D eigenvalue weighted by molar-refractivity contribution is 7.91. The SMILES string of the molecule is Cc1ccc(S(=O)(=O)N(C(=O)C(C)O[Si](C)(C)C(C)(C)C)[Si](C)(C)C(C)(C)C)cc1. The summed E-state index contributed by atoms with van der Waals surface area (Å²) in [6, 6.07) is 6.68. The van der Waals surface area contributed by atoms with Crippen molar-refractivity contribution < 1.29 is 17.6 Å². The first-order valence-electron chi connectivity index (χ1n) is 10.5. The lowest BCUT2D eigenvalue weighted by atomic mass is 10.2. The van der Waals surface area contributed by atoms with Crippen molar-refractivity contribution in [3.05, 3.63) is 29.8 Å². The van der Waals surface area contributed by atoms with Crippen molar-refractivity contribution in [2.45, 2.75) is 103 Å². The zero-order valence-electron chi connectivity index (χ0n) is 20.9. The molecule has 0 saturated carbocycles. The Morgan fingerprint density at radius 3 is 1.73 bits per heavy atom. The van der Waals surface area contributed by atoms with Gasteiger partial charge in [-0.05, 0) is 62.2 Å². The summed E-state index contributed by atoms with van der Waals surface area (Å²) in [5.41, 5.74) is 0.966. The average molecular weight is 472 g/mol. The third-order valence-corrected chi connectivity index (χ3v) is 19.8. The number of benzene rings is 1. The molecule has 0 radical (unpaired) electrons. The third-order valence-electron chi connectivity index (χ3n) is 6.73. The minimum atomic E-state index is -4.01. The molecule has 0 aliphatic carbocycles. The largest absolute Gasteiger partial charge is 0.405 e. The van der Waals surface area contributed by atoms with E-state index < -0.39 is 38.6 Å². The van der Waals surface area contributed by atoms with E-state index in [-0.39, 0.29) is 15.0 Å². The van der Waals surface area contributed by atoms with Crippen LogP contribution in [-0.4, -0.2) is 41.0 Å². The monoisotopic (exact) mass is 471 g/mol. The van der Waals surface area contributed by atoms with Gasteiger partial charge in [-0.25, -0.2) is 8.42 Å². The fraction of sp³-hybridized carbons (Fsp3) is 0.682. The van der Waals surface area contributed by atoms with E-state index >= 15 is 0 Å². The summed E-state index contributed by atoms with van der Waals surface area (Å²) in [6.45, 7) is 23.9. The highest BCUT2D eigenvalue weighted by Gasteiger charge is 2.51. The van der Waals surface area contributed by atoms with Gasteiger partial charge in [0.2, 0.25) is 0 Å². The van der Waals surface area contributed by atoms with E-state index in [1.54, 1.807) is 31.2 Å². The molecule has 1 atom stereocenters. The van der Waals surface area contributed by atoms with Crippen LogP contribution in [0.2, 0.25) is 36.3 Å². The molecule has 0 heterocycles. The number of amides is 1. The molecule has 8 heteroatoms. The van der Waals surface area contributed by atoms with Gasteiger partial charge in [0.1, 0.15) is 6.10 Å². The van der Waals surface area contributed by atoms with E-state index in [9.17, 15) is 13.2 Å². The standard InChI is InChI=1S/C22H41NO4SSi2/c1-17-13-15-19(16-14-17)28(25,26)23(29(9,10)21(3,4)5)20(24)18(2)27-30(11,12)22(6,7)8/h13-16,18H,1-12H3. The fourth-order valence-corrected chi connectivity index (χ4v) is 9.95. The molecule has 1 rings (SSSR count). The van der Waals surface area contributed by atoms with Gasteiger partial charge in [-0.3, -0.25) is 8.77 Å². The number of carbonyl (C=O) groups excluding carboxylic acids is 1. The van der Waals surface area contributed by atoms with Crippen molar-refractivity contribution in [2.75, 3.05) is 0 Å². The van der Waals surface area contributed by atoms with Crippen molar-refractivity contribution in [2.24, 2.45) is 0 Å². The van der Waals surface area contributed by atoms with E-state index in [0.717, 1.165) is 5.56 Å². The van der Waals surface area contributed by atoms with E-state index in [1.807, 2.05) is 40.8 Å². The maximum atomic E-state index is 13.7. The van der Waals surface area contributed by atoms with Crippen LogP contribution in [0.4, 0.5) is 0 Å². The second-order valence-corrected chi connectivity index (χ2v) is 23.2. The van der Waals surface area contributed by atoms with Gasteiger partial charge in [0, 0.05) is 0 Å². The lowest BCUT2D eigenvalue weighted by Gasteiger charge is -2.46. The molecule has 1 aromatic carbocycles. The molecule has 0 aliphatic rings. The molecule has 0 aliphatic heterocycles. The smallest absolute Gasteiger partial charge is 0.259 e. The summed E-state index contributed by atoms with van der Waals surface area (Å²) >= 11 is 0. The molecule has 0 N–H and O–H groups in total. The molecule has 172 valence electrons. The lowest BCUT2D eigenvalue weighted by molar-refractivity contribution is -0.130. The van der Waals surface area contributed by atoms with Gasteiger partial charge in [-0.15, -0.1) is 0 Å². The summed E-state index contributed by atoms with van der Waals surface area (Å²) < 4.78 is 35.0. The fourth-order valence-electron chi connectivity index (χ4n) is 2.65. The van der Waals surface area contributed by atoms with Crippen LogP contribution in [-0.2, 0) is 19.2 Å². The van der Waals surface area contributed by atoms with Crippen molar-refractivity contribution >= 4 is 32.5 Å². The minimum absolute atomic E-state index is 0.0842. The zero-order chi connectivity index (χ0) is 23.9. The second kappa shape index (κ2) is 8.52. The Morgan fingerprint density at radius 2 is 1.37 bits per heavy atom. The number of hydrogen-bond donors (Lipinski definition) is 0. The van der Waals surface area contributed by atoms with Gasteiger partial charge in [-0.1, -0.05) is 59.2 Å². The molecule has 1 unspecified atom stereocenters. The second-order valence-electron chi connectivity index (χ2n) is 11.3. The molecule has 30 heavy (non-hydrogen) atoms. The first-order valence-corrected chi connectivity index (χ1v) is 17.8. The molecule has 0 saturated heterocycles. The van der Waals surface area contributed by atoms with Crippen LogP contribution in [0.25, 0.3) is 0 Å². The van der Waals surface area contributed by atoms with Crippen LogP contribution >= 0.6 is 0 Å². The van der Waals surface area contributed by atoms with Crippen LogP contribution in [0.1, 0.15) is 54.0 Å². The molecule has 1 aromatic rings. The highest BCUT2D eigenvalue weighted by Crippen LogP contribution is 2.42. The Bertz CT molecular complexity index is 864. The Balaban J connectivity index is 3.56. The van der Waals surface area contributed by atoms with Gasteiger partial charge >= 0.3 is 0 Å². The first kappa shape index (κ1) is 27.1. The predicted molar refractivity (Wildman–Crippen MR) is 130 cm³/mol. The number of nitrogens with zero attached hydrogens (tertiary/aromatic N) is 1. The molecular formula is C22H41NO4SSi2. The Morgan fingerprint density at radius 1 is 0.933 bits per heavy atom. The van der Waals surface area contributed by atoms with Crippen molar-refractivity contribution in [3.63, 3.8) is 0 Å². The molecule has 0 bridgehead atoms. The van der Waals surface area contributed by atoms with E-state index in [1.165, 1.54) is 3.97 Å². The van der Waals surface area contributed by atoms with Gasteiger partial charge in [-0.2, -0.15) is 0 Å². The van der Waals surface area contributed by atoms with E-state index in [0.29, 0.717) is 0 Å². The number of rotatable bonds is 6. The van der Waals surface area contributed by atoms with Crippen LogP contribution in [0.15, 0.2) is 29.2 Å². The maximum Gasteiger partial charge on any atom is 0.259 e. The van der Waals surface area contributed by atoms with Gasteiger partial charge in [0.05, 0.1) is 4.90 Å². The number of hydrogen-bond acceptors (Lipinski definition) is 4. The molecule has 1 amide bonds. The Kier molecular flexibility index (Phi) is 7.69. The summed E-state index contributed by atoms with van der Waals surface area (Å²) in [5, 5.41) is -0.434. The molecule has 0 spiro atoms. The Labute approximate surface area is 186 Å². The summed E-state index contributed by atoms with van der Waals surface area (Å²) in [4.78, 5) is 13.9. The van der Waals surface area contributed by atoms with Crippen molar-refractivity contribution in [1.82, 2.24) is 3.97 Å². The number of sulfonamides is 1. The van der Waals surface area contributed by atoms with Crippen LogP contribution in [0.3, 0.4) is 0 Å². The molecule has 0 aromatic heterocycles. The third kappa shape index (κ3) is 5.44. The van der Waals surface area contributed by atoms with Gasteiger partial charge in [0.15, 0.2) is 16.6 Å². The van der Waals surface area contributed by atoms with Gasteiger partial charge < -0.3 is 4.43 Å². The van der Waals surface area contributed by atoms with Crippen LogP contribution in [0.5, 0.6) is 0 Å². The Hall–Kier alpha value is -0.966. The normalized spacial score (nSPS) is 15.1. The summed E-state index contributed by atoms with van der Waals surface area (Å²) in [6.07, 6.45) is -0.833.